The van der Waals surface area contributed by atoms with E-state index in [9.17, 15) is 22.4 Å². The maximum Gasteiger partial charge on any atom is 0.264 e. The first-order chi connectivity index (χ1) is 18.7. The molecule has 0 aliphatic rings. The molecule has 3 rings (SSSR count). The Morgan fingerprint density at radius 3 is 2.12 bits per heavy atom. The van der Waals surface area contributed by atoms with Crippen molar-refractivity contribution in [2.75, 3.05) is 18.0 Å². The van der Waals surface area contributed by atoms with Crippen molar-refractivity contribution in [3.63, 3.8) is 0 Å². The van der Waals surface area contributed by atoms with Gasteiger partial charge in [-0.2, -0.15) is 0 Å². The number of benzene rings is 3. The van der Waals surface area contributed by atoms with E-state index >= 15 is 0 Å². The molecular formula is C30H36FN3O5S. The number of ether oxygens (including phenoxy) is 1. The molecule has 0 unspecified atom stereocenters. The molecule has 40 heavy (non-hydrogen) atoms. The number of para-hydroxylation sites is 1. The van der Waals surface area contributed by atoms with Gasteiger partial charge in [0.2, 0.25) is 11.8 Å². The number of sulfonamides is 1. The summed E-state index contributed by atoms with van der Waals surface area (Å²) in [5, 5.41) is 2.87. The van der Waals surface area contributed by atoms with Gasteiger partial charge in [0.25, 0.3) is 10.0 Å². The van der Waals surface area contributed by atoms with Crippen LogP contribution < -0.4 is 14.4 Å². The summed E-state index contributed by atoms with van der Waals surface area (Å²) in [7, 11) is -2.81. The minimum absolute atomic E-state index is 0.0112. The standard InChI is InChI=1S/C30H36FN3O5S/c1-21-11-17-25(18-12-21)40(37,38)34(27-10-8-7-9-26(27)31)20-28(35)33(22(2)29(36)32-30(3,4)5)19-23-13-15-24(39-6)16-14-23/h7-18,22H,19-20H2,1-6H3,(H,32,36)/t22-/m1/s1. The first kappa shape index (κ1) is 30.6. The van der Waals surface area contributed by atoms with Gasteiger partial charge >= 0.3 is 0 Å². The van der Waals surface area contributed by atoms with Crippen molar-refractivity contribution < 1.29 is 27.1 Å². The van der Waals surface area contributed by atoms with Crippen molar-refractivity contribution >= 4 is 27.5 Å². The van der Waals surface area contributed by atoms with Crippen molar-refractivity contribution in [3.8, 4) is 5.75 Å². The van der Waals surface area contributed by atoms with Gasteiger partial charge in [-0.3, -0.25) is 13.9 Å². The van der Waals surface area contributed by atoms with Gasteiger partial charge in [-0.05, 0) is 76.6 Å². The molecule has 3 aromatic carbocycles. The lowest BCUT2D eigenvalue weighted by molar-refractivity contribution is -0.140. The number of nitrogens with zero attached hydrogens (tertiary/aromatic N) is 2. The largest absolute Gasteiger partial charge is 0.497 e. The minimum Gasteiger partial charge on any atom is -0.497 e. The van der Waals surface area contributed by atoms with Gasteiger partial charge < -0.3 is 15.0 Å². The van der Waals surface area contributed by atoms with E-state index in [0.29, 0.717) is 11.3 Å². The number of amides is 2. The Bertz CT molecular complexity index is 1440. The van der Waals surface area contributed by atoms with Crippen molar-refractivity contribution in [2.24, 2.45) is 0 Å². The van der Waals surface area contributed by atoms with Crippen molar-refractivity contribution in [3.05, 3.63) is 89.7 Å². The highest BCUT2D eigenvalue weighted by molar-refractivity contribution is 7.92. The van der Waals surface area contributed by atoms with Gasteiger partial charge in [0.05, 0.1) is 17.7 Å². The second-order valence-electron chi connectivity index (χ2n) is 10.6. The maximum atomic E-state index is 15.0. The highest BCUT2D eigenvalue weighted by atomic mass is 32.2. The SMILES string of the molecule is COc1ccc(CN(C(=O)CN(c2ccccc2F)S(=O)(=O)c2ccc(C)cc2)[C@H](C)C(=O)NC(C)(C)C)cc1. The lowest BCUT2D eigenvalue weighted by atomic mass is 10.1. The zero-order valence-corrected chi connectivity index (χ0v) is 24.5. The number of carbonyl (C=O) groups is 2. The quantitative estimate of drug-likeness (QED) is 0.383. The molecule has 1 N–H and O–H groups in total. The Hall–Kier alpha value is -3.92. The number of carbonyl (C=O) groups excluding carboxylic acids is 2. The summed E-state index contributed by atoms with van der Waals surface area (Å²) in [4.78, 5) is 28.2. The highest BCUT2D eigenvalue weighted by Crippen LogP contribution is 2.27. The topological polar surface area (TPSA) is 96.0 Å². The summed E-state index contributed by atoms with van der Waals surface area (Å²) in [6.07, 6.45) is 0. The zero-order valence-electron chi connectivity index (χ0n) is 23.6. The van der Waals surface area contributed by atoms with E-state index in [0.717, 1.165) is 15.9 Å². The molecule has 10 heteroatoms. The van der Waals surface area contributed by atoms with Crippen LogP contribution in [0.5, 0.6) is 5.75 Å². The van der Waals surface area contributed by atoms with Crippen molar-refractivity contribution in [1.82, 2.24) is 10.2 Å². The Morgan fingerprint density at radius 1 is 0.975 bits per heavy atom. The normalized spacial score (nSPS) is 12.4. The van der Waals surface area contributed by atoms with Crippen molar-refractivity contribution in [1.29, 1.82) is 0 Å². The lowest BCUT2D eigenvalue weighted by Crippen LogP contribution is -2.54. The van der Waals surface area contributed by atoms with E-state index in [4.69, 9.17) is 4.74 Å². The molecular weight excluding hydrogens is 533 g/mol. The fraction of sp³-hybridized carbons (Fsp3) is 0.333. The predicted molar refractivity (Wildman–Crippen MR) is 153 cm³/mol. The van der Waals surface area contributed by atoms with Gasteiger partial charge in [0, 0.05) is 12.1 Å². The molecule has 0 aliphatic carbocycles. The Labute approximate surface area is 235 Å². The summed E-state index contributed by atoms with van der Waals surface area (Å²) in [6.45, 7) is 8.14. The van der Waals surface area contributed by atoms with E-state index in [1.54, 1.807) is 43.3 Å². The molecule has 0 aliphatic heterocycles. The molecule has 0 aromatic heterocycles. The van der Waals surface area contributed by atoms with Crippen LogP contribution in [0.1, 0.15) is 38.8 Å². The Kier molecular flexibility index (Phi) is 9.57. The number of anilines is 1. The van der Waals surface area contributed by atoms with Gasteiger partial charge in [-0.1, -0.05) is 42.0 Å². The van der Waals surface area contributed by atoms with Crippen LogP contribution in [-0.4, -0.2) is 50.4 Å². The van der Waals surface area contributed by atoms with Crippen LogP contribution in [-0.2, 0) is 26.2 Å². The molecule has 0 spiro atoms. The summed E-state index contributed by atoms with van der Waals surface area (Å²) < 4.78 is 48.5. The van der Waals surface area contributed by atoms with Gasteiger partial charge in [-0.25, -0.2) is 12.8 Å². The highest BCUT2D eigenvalue weighted by Gasteiger charge is 2.34. The number of halogens is 1. The summed E-state index contributed by atoms with van der Waals surface area (Å²) in [5.74, 6) is -1.26. The van der Waals surface area contributed by atoms with Crippen LogP contribution in [0.4, 0.5) is 10.1 Å². The number of nitrogens with one attached hydrogen (secondary N) is 1. The van der Waals surface area contributed by atoms with E-state index in [1.807, 2.05) is 27.7 Å². The molecule has 3 aromatic rings. The molecule has 0 bridgehead atoms. The lowest BCUT2D eigenvalue weighted by Gasteiger charge is -2.33. The van der Waals surface area contributed by atoms with Gasteiger partial charge in [0.1, 0.15) is 24.2 Å². The molecule has 0 saturated carbocycles. The van der Waals surface area contributed by atoms with E-state index in [2.05, 4.69) is 5.32 Å². The van der Waals surface area contributed by atoms with Crippen LogP contribution in [0.25, 0.3) is 0 Å². The average molecular weight is 570 g/mol. The number of aryl methyl sites for hydroxylation is 1. The van der Waals surface area contributed by atoms with Crippen molar-refractivity contribution in [2.45, 2.75) is 57.6 Å². The first-order valence-corrected chi connectivity index (χ1v) is 14.3. The van der Waals surface area contributed by atoms with Gasteiger partial charge in [0.15, 0.2) is 0 Å². The molecule has 2 amide bonds. The van der Waals surface area contributed by atoms with E-state index in [-0.39, 0.29) is 17.1 Å². The van der Waals surface area contributed by atoms with Crippen LogP contribution in [0.15, 0.2) is 77.7 Å². The third kappa shape index (κ3) is 7.59. The summed E-state index contributed by atoms with van der Waals surface area (Å²) in [5.41, 5.74) is 0.710. The predicted octanol–water partition coefficient (Wildman–Crippen LogP) is 4.67. The second kappa shape index (κ2) is 12.5. The van der Waals surface area contributed by atoms with Crippen LogP contribution in [0.3, 0.4) is 0 Å². The smallest absolute Gasteiger partial charge is 0.264 e. The fourth-order valence-electron chi connectivity index (χ4n) is 3.99. The van der Waals surface area contributed by atoms with Crippen LogP contribution in [0.2, 0.25) is 0 Å². The molecule has 8 nitrogen and oxygen atoms in total. The molecule has 0 fully saturated rings. The third-order valence-corrected chi connectivity index (χ3v) is 7.96. The molecule has 1 atom stereocenters. The summed E-state index contributed by atoms with van der Waals surface area (Å²) >= 11 is 0. The molecule has 0 radical (unpaired) electrons. The summed E-state index contributed by atoms with van der Waals surface area (Å²) in [6, 6.07) is 17.5. The number of hydrogen-bond acceptors (Lipinski definition) is 5. The van der Waals surface area contributed by atoms with E-state index in [1.165, 1.54) is 42.3 Å². The van der Waals surface area contributed by atoms with Crippen LogP contribution in [0, 0.1) is 12.7 Å². The monoisotopic (exact) mass is 569 g/mol. The van der Waals surface area contributed by atoms with Gasteiger partial charge in [-0.15, -0.1) is 0 Å². The number of methoxy groups -OCH3 is 1. The van der Waals surface area contributed by atoms with Crippen LogP contribution >= 0.6 is 0 Å². The Balaban J connectivity index is 2.04. The zero-order chi connectivity index (χ0) is 29.7. The number of hydrogen-bond donors (Lipinski definition) is 1. The third-order valence-electron chi connectivity index (χ3n) is 6.19. The fourth-order valence-corrected chi connectivity index (χ4v) is 5.41. The molecule has 214 valence electrons. The maximum absolute atomic E-state index is 15.0. The Morgan fingerprint density at radius 2 is 1.57 bits per heavy atom. The molecule has 0 saturated heterocycles. The first-order valence-electron chi connectivity index (χ1n) is 12.8. The number of rotatable bonds is 10. The average Bonchev–Trinajstić information content (AvgIpc) is 2.90. The molecule has 0 heterocycles. The minimum atomic E-state index is -4.35. The second-order valence-corrected chi connectivity index (χ2v) is 12.4. The van der Waals surface area contributed by atoms with E-state index < -0.39 is 45.8 Å².